The summed E-state index contributed by atoms with van der Waals surface area (Å²) >= 11 is 0. The van der Waals surface area contributed by atoms with Gasteiger partial charge in [0.05, 0.1) is 15.9 Å². The number of rotatable bonds is 6. The fourth-order valence-corrected chi connectivity index (χ4v) is 2.42. The van der Waals surface area contributed by atoms with Crippen LogP contribution in [-0.2, 0) is 11.3 Å². The number of ketones is 2. The summed E-state index contributed by atoms with van der Waals surface area (Å²) < 4.78 is 1.27. The van der Waals surface area contributed by atoms with Gasteiger partial charge in [-0.1, -0.05) is 48.5 Å². The molecule has 0 radical (unpaired) electrons. The highest BCUT2D eigenvalue weighted by molar-refractivity contribution is 6.17. The van der Waals surface area contributed by atoms with Crippen LogP contribution < -0.4 is 9.79 Å². The lowest BCUT2D eigenvalue weighted by Crippen LogP contribution is -2.44. The van der Waals surface area contributed by atoms with Gasteiger partial charge in [-0.05, 0) is 19.1 Å². The van der Waals surface area contributed by atoms with Crippen molar-refractivity contribution in [1.82, 2.24) is 15.1 Å². The molecule has 2 aromatic carbocycles. The van der Waals surface area contributed by atoms with E-state index in [4.69, 9.17) is 0 Å². The zero-order valence-electron chi connectivity index (χ0n) is 14.1. The minimum atomic E-state index is -0.443. The number of allylic oxidation sites excluding steroid dienone is 1. The first kappa shape index (κ1) is 17.2. The minimum absolute atomic E-state index is 0.0561. The van der Waals surface area contributed by atoms with Crippen molar-refractivity contribution < 1.29 is 19.4 Å². The van der Waals surface area contributed by atoms with E-state index in [0.717, 1.165) is 0 Å². The average Bonchev–Trinajstić information content (AvgIpc) is 3.07. The van der Waals surface area contributed by atoms with Gasteiger partial charge in [0.15, 0.2) is 23.8 Å². The Hall–Kier alpha value is -3.61. The van der Waals surface area contributed by atoms with Crippen molar-refractivity contribution in [3.63, 3.8) is 0 Å². The molecule has 0 spiro atoms. The predicted octanol–water partition coefficient (Wildman–Crippen LogP) is 0.728. The first-order valence-corrected chi connectivity index (χ1v) is 7.94. The van der Waals surface area contributed by atoms with Crippen molar-refractivity contribution in [3.05, 3.63) is 78.3 Å². The topological polar surface area (TPSA) is 91.8 Å². The molecule has 0 bridgehead atoms. The monoisotopic (exact) mass is 348 g/mol. The lowest BCUT2D eigenvalue weighted by atomic mass is 10.1. The van der Waals surface area contributed by atoms with Gasteiger partial charge < -0.3 is 5.11 Å². The van der Waals surface area contributed by atoms with Gasteiger partial charge in [-0.15, -0.1) is 10.9 Å². The standard InChI is InChI=1S/C19H16N4O3/c1-14(25)17(13-24)19-20-23(16-10-6-3-7-11-16)21-22(19)12-18(26)15-8-4-2-5-9-15/h2-11,13H,12H2,1H3. The van der Waals surface area contributed by atoms with E-state index in [2.05, 4.69) is 10.3 Å². The third-order valence-electron chi connectivity index (χ3n) is 3.74. The van der Waals surface area contributed by atoms with Gasteiger partial charge in [0, 0.05) is 10.4 Å². The van der Waals surface area contributed by atoms with Gasteiger partial charge >= 0.3 is 5.82 Å². The normalized spacial score (nSPS) is 11.3. The quantitative estimate of drug-likeness (QED) is 0.283. The van der Waals surface area contributed by atoms with Crippen LogP contribution in [0.2, 0.25) is 0 Å². The number of tetrazole rings is 1. The molecule has 0 amide bonds. The van der Waals surface area contributed by atoms with Crippen LogP contribution in [0.4, 0.5) is 0 Å². The molecule has 1 heterocycles. The fraction of sp³-hybridized carbons (Fsp3) is 0.105. The number of para-hydroxylation sites is 1. The van der Waals surface area contributed by atoms with Crippen molar-refractivity contribution in [1.29, 1.82) is 0 Å². The number of benzene rings is 2. The van der Waals surface area contributed by atoms with Crippen molar-refractivity contribution in [2.45, 2.75) is 13.5 Å². The summed E-state index contributed by atoms with van der Waals surface area (Å²) in [7, 11) is 0. The van der Waals surface area contributed by atoms with Crippen molar-refractivity contribution >= 4 is 17.1 Å². The van der Waals surface area contributed by atoms with Crippen molar-refractivity contribution in [3.8, 4) is 5.69 Å². The molecule has 0 fully saturated rings. The summed E-state index contributed by atoms with van der Waals surface area (Å²) in [6.07, 6.45) is 0.436. The van der Waals surface area contributed by atoms with E-state index in [9.17, 15) is 14.7 Å². The zero-order chi connectivity index (χ0) is 18.5. The smallest absolute Gasteiger partial charge is 0.333 e. The second-order valence-electron chi connectivity index (χ2n) is 5.57. The van der Waals surface area contributed by atoms with Crippen LogP contribution in [0.5, 0.6) is 0 Å². The Balaban J connectivity index is 2.03. The van der Waals surface area contributed by atoms with Crippen LogP contribution in [-0.4, -0.2) is 26.7 Å². The zero-order valence-corrected chi connectivity index (χ0v) is 14.1. The van der Waals surface area contributed by atoms with Crippen molar-refractivity contribution in [2.75, 3.05) is 0 Å². The van der Waals surface area contributed by atoms with E-state index >= 15 is 0 Å². The van der Waals surface area contributed by atoms with E-state index < -0.39 is 5.78 Å². The van der Waals surface area contributed by atoms with Crippen LogP contribution in [0, 0.1) is 0 Å². The Morgan fingerprint density at radius 3 is 2.27 bits per heavy atom. The Morgan fingerprint density at radius 1 is 1.08 bits per heavy atom. The maximum atomic E-state index is 12.5. The van der Waals surface area contributed by atoms with Gasteiger partial charge in [-0.25, -0.2) is 0 Å². The largest absolute Gasteiger partial charge is 0.877 e. The highest BCUT2D eigenvalue weighted by Gasteiger charge is 2.27. The van der Waals surface area contributed by atoms with Crippen LogP contribution in [0.1, 0.15) is 23.1 Å². The number of carbonyl (C=O) groups excluding carboxylic acids is 2. The van der Waals surface area contributed by atoms with E-state index in [-0.39, 0.29) is 23.7 Å². The van der Waals surface area contributed by atoms with Crippen LogP contribution in [0.25, 0.3) is 11.3 Å². The SMILES string of the molecule is CC(=O)/C(=C\[O-])c1nn(-c2ccccc2)n[n+]1CC(=O)c1ccccc1. The molecule has 0 unspecified atom stereocenters. The number of carbonyl (C=O) groups is 2. The molecule has 3 aromatic rings. The maximum Gasteiger partial charge on any atom is 0.333 e. The summed E-state index contributed by atoms with van der Waals surface area (Å²) in [4.78, 5) is 25.6. The summed E-state index contributed by atoms with van der Waals surface area (Å²) in [6.45, 7) is 1.13. The highest BCUT2D eigenvalue weighted by Crippen LogP contribution is 2.10. The molecule has 3 rings (SSSR count). The molecule has 0 aliphatic carbocycles. The van der Waals surface area contributed by atoms with Gasteiger partial charge in [-0.3, -0.25) is 9.59 Å². The molecule has 130 valence electrons. The molecule has 0 aliphatic heterocycles. The molecular formula is C19H16N4O3. The minimum Gasteiger partial charge on any atom is -0.877 e. The number of hydrogen-bond acceptors (Lipinski definition) is 5. The maximum absolute atomic E-state index is 12.5. The van der Waals surface area contributed by atoms with Gasteiger partial charge in [-0.2, -0.15) is 0 Å². The fourth-order valence-electron chi connectivity index (χ4n) is 2.42. The van der Waals surface area contributed by atoms with Crippen LogP contribution >= 0.6 is 0 Å². The number of aromatic nitrogens is 4. The van der Waals surface area contributed by atoms with E-state index in [1.807, 2.05) is 24.3 Å². The summed E-state index contributed by atoms with van der Waals surface area (Å²) in [5.74, 6) is -0.590. The molecule has 7 nitrogen and oxygen atoms in total. The summed E-state index contributed by atoms with van der Waals surface area (Å²) in [6, 6.07) is 17.8. The molecule has 7 heteroatoms. The van der Waals surface area contributed by atoms with E-state index in [1.54, 1.807) is 36.4 Å². The first-order chi connectivity index (χ1) is 12.6. The Bertz CT molecular complexity index is 963. The molecule has 0 atom stereocenters. The van der Waals surface area contributed by atoms with Gasteiger partial charge in [0.1, 0.15) is 0 Å². The molecule has 0 saturated heterocycles. The van der Waals surface area contributed by atoms with Gasteiger partial charge in [0.2, 0.25) is 0 Å². The van der Waals surface area contributed by atoms with Crippen LogP contribution in [0.15, 0.2) is 66.9 Å². The summed E-state index contributed by atoms with van der Waals surface area (Å²) in [5.41, 5.74) is 1.03. The third kappa shape index (κ3) is 3.56. The second-order valence-corrected chi connectivity index (χ2v) is 5.57. The Kier molecular flexibility index (Phi) is 4.98. The predicted molar refractivity (Wildman–Crippen MR) is 91.0 cm³/mol. The third-order valence-corrected chi connectivity index (χ3v) is 3.74. The molecule has 26 heavy (non-hydrogen) atoms. The lowest BCUT2D eigenvalue weighted by Gasteiger charge is -2.02. The molecular weight excluding hydrogens is 332 g/mol. The first-order valence-electron chi connectivity index (χ1n) is 7.94. The molecule has 0 N–H and O–H groups in total. The van der Waals surface area contributed by atoms with E-state index in [0.29, 0.717) is 17.5 Å². The second kappa shape index (κ2) is 7.52. The summed E-state index contributed by atoms with van der Waals surface area (Å²) in [5, 5.41) is 19.9. The molecule has 1 aromatic heterocycles. The molecule has 0 aliphatic rings. The van der Waals surface area contributed by atoms with Crippen molar-refractivity contribution in [2.24, 2.45) is 0 Å². The number of Topliss-reactive ketones (excluding diaryl/α,β-unsaturated/α-hetero) is 2. The van der Waals surface area contributed by atoms with Crippen LogP contribution in [0.3, 0.4) is 0 Å². The number of hydrogen-bond donors (Lipinski definition) is 0. The highest BCUT2D eigenvalue weighted by atomic mass is 16.2. The number of nitrogens with zero attached hydrogens (tertiary/aromatic N) is 4. The Morgan fingerprint density at radius 2 is 1.69 bits per heavy atom. The average molecular weight is 348 g/mol. The van der Waals surface area contributed by atoms with Gasteiger partial charge in [0.25, 0.3) is 0 Å². The van der Waals surface area contributed by atoms with E-state index in [1.165, 1.54) is 16.4 Å². The molecule has 0 saturated carbocycles. The Labute approximate surface area is 149 Å². The lowest BCUT2D eigenvalue weighted by molar-refractivity contribution is -0.744.